The van der Waals surface area contributed by atoms with Crippen molar-refractivity contribution < 1.29 is 24.0 Å². The molecule has 0 aromatic heterocycles. The van der Waals surface area contributed by atoms with Crippen molar-refractivity contribution in [3.8, 4) is 0 Å². The zero-order valence-corrected chi connectivity index (χ0v) is 14.2. The standard InChI is InChI=1S/C17H22N2O5/c1-17(2,3)15-19(16(20)22-4)14-13(23-15)12(10-18(21)24-14)11-8-6-5-7-9-11/h5-10,12-15H,1-4H3. The highest BCUT2D eigenvalue weighted by atomic mass is 16.9. The van der Waals surface area contributed by atoms with Crippen LogP contribution in [0.5, 0.6) is 0 Å². The number of amides is 1. The van der Waals surface area contributed by atoms with Gasteiger partial charge in [0, 0.05) is 10.3 Å². The highest BCUT2D eigenvalue weighted by molar-refractivity contribution is 5.70. The Bertz CT molecular complexity index is 640. The average Bonchev–Trinajstić information content (AvgIpc) is 2.93. The summed E-state index contributed by atoms with van der Waals surface area (Å²) in [5, 5.41) is 12.0. The van der Waals surface area contributed by atoms with E-state index in [0.29, 0.717) is 4.90 Å². The zero-order chi connectivity index (χ0) is 17.5. The molecule has 1 fully saturated rings. The summed E-state index contributed by atoms with van der Waals surface area (Å²) < 4.78 is 11.1. The highest BCUT2D eigenvalue weighted by Crippen LogP contribution is 2.41. The second-order valence-electron chi connectivity index (χ2n) is 7.06. The first-order valence-electron chi connectivity index (χ1n) is 7.87. The van der Waals surface area contributed by atoms with Gasteiger partial charge in [0.15, 0.2) is 6.23 Å². The normalized spacial score (nSPS) is 29.5. The number of carbonyl (C=O) groups is 1. The van der Waals surface area contributed by atoms with E-state index >= 15 is 0 Å². The molecule has 0 aliphatic carbocycles. The summed E-state index contributed by atoms with van der Waals surface area (Å²) in [4.78, 5) is 19.4. The fourth-order valence-electron chi connectivity index (χ4n) is 3.18. The van der Waals surface area contributed by atoms with Gasteiger partial charge in [-0.05, 0) is 5.56 Å². The van der Waals surface area contributed by atoms with E-state index in [-0.39, 0.29) is 11.3 Å². The molecule has 1 saturated heterocycles. The lowest BCUT2D eigenvalue weighted by Crippen LogP contribution is -2.51. The molecular weight excluding hydrogens is 312 g/mol. The summed E-state index contributed by atoms with van der Waals surface area (Å²) in [5.41, 5.74) is 0.556. The molecule has 0 radical (unpaired) electrons. The summed E-state index contributed by atoms with van der Waals surface area (Å²) in [6.07, 6.45) is -1.04. The van der Waals surface area contributed by atoms with Gasteiger partial charge in [-0.3, -0.25) is 10.1 Å². The van der Waals surface area contributed by atoms with Crippen LogP contribution < -0.4 is 0 Å². The number of ether oxygens (including phenoxy) is 2. The Kier molecular flexibility index (Phi) is 4.13. The van der Waals surface area contributed by atoms with E-state index in [4.69, 9.17) is 14.3 Å². The van der Waals surface area contributed by atoms with Crippen LogP contribution in [0.15, 0.2) is 30.3 Å². The molecule has 2 heterocycles. The van der Waals surface area contributed by atoms with E-state index < -0.39 is 24.7 Å². The molecule has 0 spiro atoms. The van der Waals surface area contributed by atoms with Crippen LogP contribution >= 0.6 is 0 Å². The lowest BCUT2D eigenvalue weighted by atomic mass is 9.93. The molecule has 2 aliphatic rings. The molecule has 130 valence electrons. The Morgan fingerprint density at radius 3 is 2.54 bits per heavy atom. The van der Waals surface area contributed by atoms with Crippen molar-refractivity contribution in [3.63, 3.8) is 0 Å². The molecule has 0 N–H and O–H groups in total. The number of hydrogen-bond acceptors (Lipinski definition) is 5. The van der Waals surface area contributed by atoms with Crippen LogP contribution in [0.2, 0.25) is 0 Å². The van der Waals surface area contributed by atoms with E-state index in [2.05, 4.69) is 0 Å². The Morgan fingerprint density at radius 1 is 1.29 bits per heavy atom. The van der Waals surface area contributed by atoms with Gasteiger partial charge >= 0.3 is 6.09 Å². The summed E-state index contributed by atoms with van der Waals surface area (Å²) in [6, 6.07) is 9.55. The van der Waals surface area contributed by atoms with E-state index in [9.17, 15) is 10.0 Å². The molecule has 7 nitrogen and oxygen atoms in total. The van der Waals surface area contributed by atoms with E-state index in [1.165, 1.54) is 18.2 Å². The van der Waals surface area contributed by atoms with Gasteiger partial charge in [0.05, 0.1) is 13.0 Å². The lowest BCUT2D eigenvalue weighted by molar-refractivity contribution is -0.761. The molecule has 1 aromatic carbocycles. The predicted octanol–water partition coefficient (Wildman–Crippen LogP) is 2.46. The van der Waals surface area contributed by atoms with Crippen molar-refractivity contribution in [2.45, 2.75) is 45.2 Å². The topological polar surface area (TPSA) is 74.1 Å². The van der Waals surface area contributed by atoms with Crippen LogP contribution in [-0.4, -0.2) is 47.8 Å². The van der Waals surface area contributed by atoms with Gasteiger partial charge in [0.2, 0.25) is 6.21 Å². The molecule has 0 saturated carbocycles. The summed E-state index contributed by atoms with van der Waals surface area (Å²) in [7, 11) is 1.30. The van der Waals surface area contributed by atoms with Crippen LogP contribution in [0, 0.1) is 10.6 Å². The van der Waals surface area contributed by atoms with Crippen molar-refractivity contribution in [2.75, 3.05) is 7.11 Å². The predicted molar refractivity (Wildman–Crippen MR) is 86.1 cm³/mol. The molecule has 1 amide bonds. The van der Waals surface area contributed by atoms with Crippen molar-refractivity contribution in [1.82, 2.24) is 4.90 Å². The van der Waals surface area contributed by atoms with Crippen LogP contribution in [0.4, 0.5) is 4.79 Å². The minimum atomic E-state index is -0.839. The minimum absolute atomic E-state index is 0.318. The summed E-state index contributed by atoms with van der Waals surface area (Å²) in [6.45, 7) is 5.88. The first-order chi connectivity index (χ1) is 11.3. The Balaban J connectivity index is 2.01. The van der Waals surface area contributed by atoms with Gasteiger partial charge in [0.1, 0.15) is 12.3 Å². The van der Waals surface area contributed by atoms with Gasteiger partial charge in [-0.15, -0.1) is 0 Å². The molecule has 2 aliphatic heterocycles. The third kappa shape index (κ3) is 2.80. The smallest absolute Gasteiger partial charge is 0.412 e. The van der Waals surface area contributed by atoms with Gasteiger partial charge in [0.25, 0.3) is 0 Å². The third-order valence-corrected chi connectivity index (χ3v) is 4.25. The molecule has 4 unspecified atom stereocenters. The third-order valence-electron chi connectivity index (χ3n) is 4.25. The quantitative estimate of drug-likeness (QED) is 0.738. The van der Waals surface area contributed by atoms with Crippen molar-refractivity contribution >= 4 is 12.3 Å². The molecular formula is C17H22N2O5. The number of carbonyl (C=O) groups excluding carboxylic acids is 1. The fourth-order valence-corrected chi connectivity index (χ4v) is 3.18. The second-order valence-corrected chi connectivity index (χ2v) is 7.06. The number of nitrogens with zero attached hydrogens (tertiary/aromatic N) is 2. The van der Waals surface area contributed by atoms with Crippen LogP contribution in [-0.2, 0) is 14.3 Å². The highest BCUT2D eigenvalue weighted by Gasteiger charge is 2.55. The Morgan fingerprint density at radius 2 is 1.96 bits per heavy atom. The van der Waals surface area contributed by atoms with E-state index in [1.54, 1.807) is 0 Å². The monoisotopic (exact) mass is 334 g/mol. The first-order valence-corrected chi connectivity index (χ1v) is 7.87. The zero-order valence-electron chi connectivity index (χ0n) is 14.2. The maximum atomic E-state index is 12.3. The fraction of sp³-hybridized carbons (Fsp3) is 0.529. The number of rotatable bonds is 1. The van der Waals surface area contributed by atoms with Crippen molar-refractivity contribution in [1.29, 1.82) is 0 Å². The molecule has 7 heteroatoms. The van der Waals surface area contributed by atoms with Gasteiger partial charge < -0.3 is 14.3 Å². The number of fused-ring (bicyclic) bond motifs is 1. The lowest BCUT2D eigenvalue weighted by Gasteiger charge is -2.35. The van der Waals surface area contributed by atoms with Crippen LogP contribution in [0.3, 0.4) is 0 Å². The van der Waals surface area contributed by atoms with Crippen LogP contribution in [0.25, 0.3) is 0 Å². The average molecular weight is 334 g/mol. The molecule has 24 heavy (non-hydrogen) atoms. The molecule has 4 atom stereocenters. The van der Waals surface area contributed by atoms with Crippen molar-refractivity contribution in [3.05, 3.63) is 41.1 Å². The van der Waals surface area contributed by atoms with Crippen molar-refractivity contribution in [2.24, 2.45) is 5.41 Å². The maximum absolute atomic E-state index is 12.3. The molecule has 1 aromatic rings. The number of benzene rings is 1. The SMILES string of the molecule is COC(=O)N1C2O[N+]([O-])=CC(c3ccccc3)C2OC1C(C)(C)C. The second kappa shape index (κ2) is 5.98. The first kappa shape index (κ1) is 16.6. The van der Waals surface area contributed by atoms with Gasteiger partial charge in [-0.2, -0.15) is 0 Å². The number of methoxy groups -OCH3 is 1. The Labute approximate surface area is 141 Å². The van der Waals surface area contributed by atoms with E-state index in [0.717, 1.165) is 5.56 Å². The summed E-state index contributed by atoms with van der Waals surface area (Å²) in [5.74, 6) is -0.318. The number of hydrogen-bond donors (Lipinski definition) is 0. The van der Waals surface area contributed by atoms with Gasteiger partial charge in [-0.25, -0.2) is 4.79 Å². The largest absolute Gasteiger partial charge is 0.453 e. The van der Waals surface area contributed by atoms with Crippen LogP contribution in [0.1, 0.15) is 32.3 Å². The van der Waals surface area contributed by atoms with Gasteiger partial charge in [-0.1, -0.05) is 51.1 Å². The maximum Gasteiger partial charge on any atom is 0.412 e. The minimum Gasteiger partial charge on any atom is -0.453 e. The molecule has 3 rings (SSSR count). The Hall–Kier alpha value is -2.28. The molecule has 0 bridgehead atoms. The van der Waals surface area contributed by atoms with E-state index in [1.807, 2.05) is 51.1 Å². The summed E-state index contributed by atoms with van der Waals surface area (Å²) >= 11 is 0.